The lowest BCUT2D eigenvalue weighted by atomic mass is 9.76. The van der Waals surface area contributed by atoms with E-state index in [2.05, 4.69) is 40.1 Å². The highest BCUT2D eigenvalue weighted by atomic mass is 79.9. The highest BCUT2D eigenvalue weighted by Gasteiger charge is 2.51. The molecule has 174 valence electrons. The molecule has 1 spiro atoms. The predicted octanol–water partition coefficient (Wildman–Crippen LogP) is 6.00. The molecule has 2 aromatic carbocycles. The standard InChI is InChI=1S/C23H25Cl2N3OS.2BrH/c24-19-7-6-18(12-20(19)25)23(29)16-30-21-26-14-22(15-28(21)23)8-10-27(11-9-22)13-17-4-2-1-3-5-17;;/h1-7,12,29H,8-11,13-16H2;2*1H. The van der Waals surface area contributed by atoms with Crippen LogP contribution < -0.4 is 0 Å². The van der Waals surface area contributed by atoms with Gasteiger partial charge in [-0.1, -0.05) is 71.4 Å². The Kier molecular flexibility index (Phi) is 8.68. The van der Waals surface area contributed by atoms with Gasteiger partial charge in [0.25, 0.3) is 0 Å². The molecular formula is C23H27Br2Cl2N3OS. The first-order chi connectivity index (χ1) is 14.5. The second kappa shape index (κ2) is 10.5. The molecular weight excluding hydrogens is 597 g/mol. The van der Waals surface area contributed by atoms with Gasteiger partial charge in [0.05, 0.1) is 15.8 Å². The first-order valence-corrected chi connectivity index (χ1v) is 12.1. The number of rotatable bonds is 3. The van der Waals surface area contributed by atoms with E-state index < -0.39 is 5.72 Å². The summed E-state index contributed by atoms with van der Waals surface area (Å²) in [7, 11) is 0. The van der Waals surface area contributed by atoms with Gasteiger partial charge in [-0.15, -0.1) is 34.0 Å². The second-order valence-corrected chi connectivity index (χ2v) is 10.4. The number of likely N-dealkylation sites (tertiary alicyclic amines) is 1. The van der Waals surface area contributed by atoms with Gasteiger partial charge < -0.3 is 10.0 Å². The topological polar surface area (TPSA) is 39.1 Å². The van der Waals surface area contributed by atoms with Crippen LogP contribution in [0.3, 0.4) is 0 Å². The summed E-state index contributed by atoms with van der Waals surface area (Å²) >= 11 is 14.0. The van der Waals surface area contributed by atoms with Crippen molar-refractivity contribution in [1.82, 2.24) is 9.80 Å². The van der Waals surface area contributed by atoms with E-state index in [-0.39, 0.29) is 39.4 Å². The highest BCUT2D eigenvalue weighted by molar-refractivity contribution is 8.93. The minimum absolute atomic E-state index is 0. The lowest BCUT2D eigenvalue weighted by Crippen LogP contribution is -2.56. The molecule has 32 heavy (non-hydrogen) atoms. The number of thioether (sulfide) groups is 1. The lowest BCUT2D eigenvalue weighted by molar-refractivity contribution is -0.0755. The third-order valence-corrected chi connectivity index (χ3v) is 8.56. The molecule has 2 fully saturated rings. The van der Waals surface area contributed by atoms with Crippen molar-refractivity contribution < 1.29 is 5.11 Å². The van der Waals surface area contributed by atoms with Crippen molar-refractivity contribution in [2.45, 2.75) is 25.1 Å². The number of amidine groups is 1. The minimum atomic E-state index is -1.09. The molecule has 3 aliphatic rings. The van der Waals surface area contributed by atoms with Crippen LogP contribution in [0.15, 0.2) is 53.5 Å². The van der Waals surface area contributed by atoms with Crippen molar-refractivity contribution in [1.29, 1.82) is 0 Å². The van der Waals surface area contributed by atoms with Gasteiger partial charge in [0.1, 0.15) is 0 Å². The van der Waals surface area contributed by atoms with Crippen molar-refractivity contribution in [2.24, 2.45) is 10.4 Å². The van der Waals surface area contributed by atoms with Gasteiger partial charge in [0.15, 0.2) is 10.9 Å². The van der Waals surface area contributed by atoms with Crippen LogP contribution >= 0.6 is 68.9 Å². The van der Waals surface area contributed by atoms with Gasteiger partial charge in [-0.05, 0) is 43.6 Å². The lowest BCUT2D eigenvalue weighted by Gasteiger charge is -2.48. The van der Waals surface area contributed by atoms with Gasteiger partial charge in [0, 0.05) is 30.6 Å². The van der Waals surface area contributed by atoms with Crippen molar-refractivity contribution in [2.75, 3.05) is 31.9 Å². The van der Waals surface area contributed by atoms with Crippen LogP contribution in [0.2, 0.25) is 10.0 Å². The maximum Gasteiger partial charge on any atom is 0.175 e. The smallest absolute Gasteiger partial charge is 0.175 e. The average Bonchev–Trinajstić information content (AvgIpc) is 3.10. The third-order valence-electron chi connectivity index (χ3n) is 6.67. The maximum atomic E-state index is 11.6. The molecule has 1 unspecified atom stereocenters. The molecule has 4 nitrogen and oxygen atoms in total. The van der Waals surface area contributed by atoms with E-state index in [1.165, 1.54) is 5.56 Å². The third kappa shape index (κ3) is 5.04. The SMILES string of the molecule is Br.Br.OC1(c2ccc(Cl)c(Cl)c2)CSC2=NCC3(CCN(Cc4ccccc4)CC3)CN21. The van der Waals surface area contributed by atoms with E-state index in [9.17, 15) is 5.11 Å². The second-order valence-electron chi connectivity index (χ2n) is 8.68. The number of piperidine rings is 1. The molecule has 3 aliphatic heterocycles. The molecule has 9 heteroatoms. The Morgan fingerprint density at radius 3 is 2.41 bits per heavy atom. The van der Waals surface area contributed by atoms with E-state index in [1.54, 1.807) is 23.9 Å². The van der Waals surface area contributed by atoms with Crippen LogP contribution in [-0.2, 0) is 12.3 Å². The fourth-order valence-electron chi connectivity index (χ4n) is 4.76. The van der Waals surface area contributed by atoms with Crippen LogP contribution in [0, 0.1) is 5.41 Å². The Hall–Kier alpha value is -0.280. The fraction of sp³-hybridized carbons (Fsp3) is 0.435. The quantitative estimate of drug-likeness (QED) is 0.456. The zero-order chi connectivity index (χ0) is 20.8. The van der Waals surface area contributed by atoms with E-state index in [1.807, 2.05) is 6.07 Å². The molecule has 0 bridgehead atoms. The summed E-state index contributed by atoms with van der Waals surface area (Å²) in [6, 6.07) is 16.1. The molecule has 0 aliphatic carbocycles. The Morgan fingerprint density at radius 1 is 1.00 bits per heavy atom. The van der Waals surface area contributed by atoms with Gasteiger partial charge in [0.2, 0.25) is 0 Å². The van der Waals surface area contributed by atoms with Gasteiger partial charge in [-0.3, -0.25) is 9.89 Å². The Labute approximate surface area is 224 Å². The van der Waals surface area contributed by atoms with Crippen LogP contribution in [0.25, 0.3) is 0 Å². The molecule has 0 amide bonds. The van der Waals surface area contributed by atoms with Gasteiger partial charge in [-0.25, -0.2) is 0 Å². The number of aliphatic hydroxyl groups is 1. The minimum Gasteiger partial charge on any atom is -0.366 e. The van der Waals surface area contributed by atoms with E-state index in [4.69, 9.17) is 28.2 Å². The molecule has 1 N–H and O–H groups in total. The predicted molar refractivity (Wildman–Crippen MR) is 146 cm³/mol. The number of aliphatic imine (C=N–C) groups is 1. The summed E-state index contributed by atoms with van der Waals surface area (Å²) in [5.41, 5.74) is 1.17. The number of hydrogen-bond donors (Lipinski definition) is 1. The van der Waals surface area contributed by atoms with E-state index >= 15 is 0 Å². The average molecular weight is 624 g/mol. The number of hydrogen-bond acceptors (Lipinski definition) is 5. The molecule has 1 atom stereocenters. The van der Waals surface area contributed by atoms with Gasteiger partial charge in [-0.2, -0.15) is 0 Å². The van der Waals surface area contributed by atoms with Crippen LogP contribution in [0.4, 0.5) is 0 Å². The Balaban J connectivity index is 0.00000144. The zero-order valence-corrected chi connectivity index (χ0v) is 23.3. The molecule has 5 rings (SSSR count). The zero-order valence-electron chi connectivity index (χ0n) is 17.5. The van der Waals surface area contributed by atoms with Crippen LogP contribution in [0.1, 0.15) is 24.0 Å². The first-order valence-electron chi connectivity index (χ1n) is 10.4. The van der Waals surface area contributed by atoms with Gasteiger partial charge >= 0.3 is 0 Å². The molecule has 3 heterocycles. The molecule has 0 aromatic heterocycles. The monoisotopic (exact) mass is 621 g/mol. The maximum absolute atomic E-state index is 11.6. The summed E-state index contributed by atoms with van der Waals surface area (Å²) in [5, 5.41) is 13.6. The summed E-state index contributed by atoms with van der Waals surface area (Å²) < 4.78 is 0. The molecule has 0 radical (unpaired) electrons. The van der Waals surface area contributed by atoms with E-state index in [0.29, 0.717) is 15.8 Å². The van der Waals surface area contributed by atoms with Crippen molar-refractivity contribution in [3.05, 3.63) is 69.7 Å². The number of fused-ring (bicyclic) bond motifs is 1. The summed E-state index contributed by atoms with van der Waals surface area (Å²) in [4.78, 5) is 9.54. The Morgan fingerprint density at radius 2 is 1.72 bits per heavy atom. The highest BCUT2D eigenvalue weighted by Crippen LogP contribution is 2.47. The summed E-state index contributed by atoms with van der Waals surface area (Å²) in [5.74, 6) is 0.556. The molecule has 2 aromatic rings. The number of benzene rings is 2. The summed E-state index contributed by atoms with van der Waals surface area (Å²) in [6.45, 7) is 4.80. The van der Waals surface area contributed by atoms with Crippen LogP contribution in [-0.4, -0.2) is 52.0 Å². The van der Waals surface area contributed by atoms with Crippen molar-refractivity contribution >= 4 is 74.1 Å². The summed E-state index contributed by atoms with van der Waals surface area (Å²) in [6.07, 6.45) is 2.18. The number of nitrogens with zero attached hydrogens (tertiary/aromatic N) is 3. The van der Waals surface area contributed by atoms with E-state index in [0.717, 1.165) is 56.3 Å². The molecule has 2 saturated heterocycles. The first kappa shape index (κ1) is 26.3. The largest absolute Gasteiger partial charge is 0.366 e. The molecule has 0 saturated carbocycles. The normalized spacial score (nSPS) is 24.3. The Bertz CT molecular complexity index is 973. The van der Waals surface area contributed by atoms with Crippen molar-refractivity contribution in [3.8, 4) is 0 Å². The fourth-order valence-corrected chi connectivity index (χ4v) is 6.24. The van der Waals surface area contributed by atoms with Crippen LogP contribution in [0.5, 0.6) is 0 Å². The van der Waals surface area contributed by atoms with Crippen molar-refractivity contribution in [3.63, 3.8) is 0 Å². The number of halogens is 4.